The molecule has 1 saturated heterocycles. The number of nitrogens with one attached hydrogen (secondary N) is 1. The van der Waals surface area contributed by atoms with Crippen LogP contribution in [0.2, 0.25) is 0 Å². The van der Waals surface area contributed by atoms with Crippen molar-refractivity contribution in [3.8, 4) is 27.7 Å². The zero-order valence-corrected chi connectivity index (χ0v) is 19.4. The lowest BCUT2D eigenvalue weighted by atomic mass is 10.00. The van der Waals surface area contributed by atoms with Gasteiger partial charge in [0.1, 0.15) is 17.2 Å². The van der Waals surface area contributed by atoms with Crippen LogP contribution in [-0.4, -0.2) is 39.2 Å². The number of ketones is 1. The fourth-order valence-corrected chi connectivity index (χ4v) is 4.94. The first-order valence-electron chi connectivity index (χ1n) is 11.0. The van der Waals surface area contributed by atoms with Gasteiger partial charge in [-0.05, 0) is 79.2 Å². The molecule has 32 heavy (non-hydrogen) atoms. The first kappa shape index (κ1) is 22.4. The molecule has 1 N–H and O–H groups in total. The number of ether oxygens (including phenoxy) is 3. The summed E-state index contributed by atoms with van der Waals surface area (Å²) in [5, 5.41) is 5.48. The largest absolute Gasteiger partial charge is 0.497 e. The lowest BCUT2D eigenvalue weighted by Crippen LogP contribution is -2.35. The molecule has 0 aliphatic carbocycles. The normalized spacial score (nSPS) is 15.9. The molecule has 5 nitrogen and oxygen atoms in total. The van der Waals surface area contributed by atoms with Crippen LogP contribution in [0.4, 0.5) is 0 Å². The van der Waals surface area contributed by atoms with Crippen LogP contribution in [-0.2, 0) is 0 Å². The molecule has 1 aliphatic rings. The Bertz CT molecular complexity index is 1040. The summed E-state index contributed by atoms with van der Waals surface area (Å²) in [5.74, 6) is 1.96. The molecule has 1 atom stereocenters. The molecule has 0 amide bonds. The molecule has 1 fully saturated rings. The van der Waals surface area contributed by atoms with Crippen molar-refractivity contribution in [2.75, 3.05) is 27.4 Å². The standard InChI is InChI=1S/C26H29NO4S/c1-29-20-8-6-18(7-9-20)26-23(13-16-32-26)25(28)22-11-10-21(17-24(22)30-2)31-15-12-19-5-3-4-14-27-19/h6-11,13,16-17,19,27H,3-5,12,14-15H2,1-2H3. The zero-order chi connectivity index (χ0) is 22.3. The van der Waals surface area contributed by atoms with Crippen molar-refractivity contribution >= 4 is 17.1 Å². The number of piperidine rings is 1. The first-order valence-corrected chi connectivity index (χ1v) is 11.9. The molecule has 6 heteroatoms. The van der Waals surface area contributed by atoms with Gasteiger partial charge in [0, 0.05) is 22.5 Å². The quantitative estimate of drug-likeness (QED) is 0.431. The van der Waals surface area contributed by atoms with E-state index in [9.17, 15) is 4.79 Å². The number of thiophene rings is 1. The number of carbonyl (C=O) groups excluding carboxylic acids is 1. The summed E-state index contributed by atoms with van der Waals surface area (Å²) in [6, 6.07) is 15.6. The minimum Gasteiger partial charge on any atom is -0.497 e. The Labute approximate surface area is 193 Å². The molecule has 2 aromatic carbocycles. The maximum absolute atomic E-state index is 13.4. The Morgan fingerprint density at radius 1 is 1.00 bits per heavy atom. The van der Waals surface area contributed by atoms with Crippen LogP contribution in [0, 0.1) is 0 Å². The first-order chi connectivity index (χ1) is 15.7. The predicted octanol–water partition coefficient (Wildman–Crippen LogP) is 5.57. The molecule has 4 rings (SSSR count). The van der Waals surface area contributed by atoms with Crippen LogP contribution in [0.3, 0.4) is 0 Å². The van der Waals surface area contributed by atoms with Gasteiger partial charge in [-0.25, -0.2) is 0 Å². The smallest absolute Gasteiger partial charge is 0.198 e. The second-order valence-corrected chi connectivity index (χ2v) is 8.78. The highest BCUT2D eigenvalue weighted by atomic mass is 32.1. The van der Waals surface area contributed by atoms with Crippen molar-refractivity contribution < 1.29 is 19.0 Å². The van der Waals surface area contributed by atoms with E-state index < -0.39 is 0 Å². The molecule has 1 unspecified atom stereocenters. The second-order valence-electron chi connectivity index (χ2n) is 7.87. The molecule has 0 saturated carbocycles. The summed E-state index contributed by atoms with van der Waals surface area (Å²) < 4.78 is 16.7. The van der Waals surface area contributed by atoms with E-state index in [1.807, 2.05) is 41.8 Å². The highest BCUT2D eigenvalue weighted by molar-refractivity contribution is 7.14. The van der Waals surface area contributed by atoms with E-state index in [2.05, 4.69) is 5.32 Å². The highest BCUT2D eigenvalue weighted by Crippen LogP contribution is 2.35. The number of hydrogen-bond acceptors (Lipinski definition) is 6. The molecule has 168 valence electrons. The molecule has 0 bridgehead atoms. The third-order valence-electron chi connectivity index (χ3n) is 5.83. The van der Waals surface area contributed by atoms with Crippen LogP contribution >= 0.6 is 11.3 Å². The summed E-state index contributed by atoms with van der Waals surface area (Å²) in [6.45, 7) is 1.73. The summed E-state index contributed by atoms with van der Waals surface area (Å²) in [5.41, 5.74) is 2.18. The fraction of sp³-hybridized carbons (Fsp3) is 0.346. The molecular weight excluding hydrogens is 422 g/mol. The van der Waals surface area contributed by atoms with Crippen molar-refractivity contribution in [3.63, 3.8) is 0 Å². The van der Waals surface area contributed by atoms with Crippen molar-refractivity contribution in [1.29, 1.82) is 0 Å². The van der Waals surface area contributed by atoms with Crippen LogP contribution in [0.1, 0.15) is 41.6 Å². The maximum atomic E-state index is 13.4. The minimum absolute atomic E-state index is 0.0631. The third-order valence-corrected chi connectivity index (χ3v) is 6.79. The van der Waals surface area contributed by atoms with Crippen molar-refractivity contribution in [2.45, 2.75) is 31.7 Å². The Morgan fingerprint density at radius 3 is 2.53 bits per heavy atom. The van der Waals surface area contributed by atoms with Gasteiger partial charge in [-0.3, -0.25) is 4.79 Å². The molecule has 2 heterocycles. The molecule has 0 radical (unpaired) electrons. The average molecular weight is 452 g/mol. The number of rotatable bonds is 9. The van der Waals surface area contributed by atoms with Gasteiger partial charge in [-0.2, -0.15) is 0 Å². The van der Waals surface area contributed by atoms with Gasteiger partial charge in [0.25, 0.3) is 0 Å². The van der Waals surface area contributed by atoms with E-state index in [4.69, 9.17) is 14.2 Å². The van der Waals surface area contributed by atoms with Gasteiger partial charge in [0.2, 0.25) is 0 Å². The van der Waals surface area contributed by atoms with Gasteiger partial charge in [-0.1, -0.05) is 6.42 Å². The zero-order valence-electron chi connectivity index (χ0n) is 18.6. The van der Waals surface area contributed by atoms with Crippen LogP contribution < -0.4 is 19.5 Å². The van der Waals surface area contributed by atoms with Crippen LogP contribution in [0.15, 0.2) is 53.9 Å². The van der Waals surface area contributed by atoms with Gasteiger partial charge in [0.05, 0.1) is 26.4 Å². The van der Waals surface area contributed by atoms with Crippen molar-refractivity contribution in [3.05, 3.63) is 65.0 Å². The Kier molecular flexibility index (Phi) is 7.45. The van der Waals surface area contributed by atoms with E-state index in [1.165, 1.54) is 19.3 Å². The Hall–Kier alpha value is -2.83. The van der Waals surface area contributed by atoms with Crippen molar-refractivity contribution in [1.82, 2.24) is 5.32 Å². The van der Waals surface area contributed by atoms with E-state index in [0.717, 1.165) is 34.9 Å². The van der Waals surface area contributed by atoms with Crippen LogP contribution in [0.25, 0.3) is 10.4 Å². The Morgan fingerprint density at radius 2 is 1.81 bits per heavy atom. The van der Waals surface area contributed by atoms with Gasteiger partial charge < -0.3 is 19.5 Å². The number of carbonyl (C=O) groups is 1. The SMILES string of the molecule is COc1ccc(-c2sccc2C(=O)c2ccc(OCCC3CCCCN3)cc2OC)cc1. The predicted molar refractivity (Wildman–Crippen MR) is 128 cm³/mol. The topological polar surface area (TPSA) is 56.8 Å². The van der Waals surface area contributed by atoms with E-state index >= 15 is 0 Å². The summed E-state index contributed by atoms with van der Waals surface area (Å²) in [4.78, 5) is 14.3. The number of benzene rings is 2. The molecule has 3 aromatic rings. The summed E-state index contributed by atoms with van der Waals surface area (Å²) >= 11 is 1.55. The summed E-state index contributed by atoms with van der Waals surface area (Å²) in [7, 11) is 3.22. The third kappa shape index (κ3) is 5.14. The van der Waals surface area contributed by atoms with Gasteiger partial charge in [-0.15, -0.1) is 11.3 Å². The van der Waals surface area contributed by atoms with E-state index in [-0.39, 0.29) is 5.78 Å². The number of methoxy groups -OCH3 is 2. The molecule has 1 aliphatic heterocycles. The van der Waals surface area contributed by atoms with Gasteiger partial charge >= 0.3 is 0 Å². The second kappa shape index (κ2) is 10.7. The van der Waals surface area contributed by atoms with E-state index in [0.29, 0.717) is 29.5 Å². The maximum Gasteiger partial charge on any atom is 0.198 e. The lowest BCUT2D eigenvalue weighted by molar-refractivity contribution is 0.103. The lowest BCUT2D eigenvalue weighted by Gasteiger charge is -2.23. The fourth-order valence-electron chi connectivity index (χ4n) is 4.04. The van der Waals surface area contributed by atoms with E-state index in [1.54, 1.807) is 37.7 Å². The Balaban J connectivity index is 1.48. The van der Waals surface area contributed by atoms with Crippen LogP contribution in [0.5, 0.6) is 17.2 Å². The highest BCUT2D eigenvalue weighted by Gasteiger charge is 2.20. The van der Waals surface area contributed by atoms with Crippen molar-refractivity contribution in [2.24, 2.45) is 0 Å². The van der Waals surface area contributed by atoms with Gasteiger partial charge in [0.15, 0.2) is 5.78 Å². The minimum atomic E-state index is -0.0631. The molecule has 0 spiro atoms. The average Bonchev–Trinajstić information content (AvgIpc) is 3.34. The molecular formula is C26H29NO4S. The molecule has 1 aromatic heterocycles. The summed E-state index contributed by atoms with van der Waals surface area (Å²) in [6.07, 6.45) is 4.72. The number of hydrogen-bond donors (Lipinski definition) is 1. The monoisotopic (exact) mass is 451 g/mol.